The Kier molecular flexibility index (Phi) is 6.11. The van der Waals surface area contributed by atoms with Gasteiger partial charge in [0.05, 0.1) is 19.1 Å². The molecule has 1 aliphatic heterocycles. The number of nitrogens with one attached hydrogen (secondary N) is 2. The summed E-state index contributed by atoms with van der Waals surface area (Å²) in [5.74, 6) is 0.279. The smallest absolute Gasteiger partial charge is 0.224 e. The number of carbonyl (C=O) groups excluding carboxylic acids is 1. The van der Waals surface area contributed by atoms with Crippen molar-refractivity contribution in [1.82, 2.24) is 10.6 Å². The van der Waals surface area contributed by atoms with Gasteiger partial charge in [-0.3, -0.25) is 4.79 Å². The van der Waals surface area contributed by atoms with Crippen LogP contribution in [0, 0.1) is 5.92 Å². The van der Waals surface area contributed by atoms with E-state index in [9.17, 15) is 4.79 Å². The SMILES string of the molecule is C=C(C)COCCNC(=O)C1CCCNC1. The molecular weight excluding hydrogens is 204 g/mol. The van der Waals surface area contributed by atoms with Crippen molar-refractivity contribution >= 4 is 5.91 Å². The minimum Gasteiger partial charge on any atom is -0.375 e. The van der Waals surface area contributed by atoms with Crippen LogP contribution in [-0.4, -0.2) is 38.8 Å². The van der Waals surface area contributed by atoms with Gasteiger partial charge in [-0.25, -0.2) is 0 Å². The van der Waals surface area contributed by atoms with Crippen molar-refractivity contribution in [2.45, 2.75) is 19.8 Å². The van der Waals surface area contributed by atoms with E-state index in [1.807, 2.05) is 6.92 Å². The van der Waals surface area contributed by atoms with Crippen molar-refractivity contribution in [1.29, 1.82) is 0 Å². The molecule has 0 radical (unpaired) electrons. The van der Waals surface area contributed by atoms with E-state index < -0.39 is 0 Å². The van der Waals surface area contributed by atoms with Crippen LogP contribution in [0.4, 0.5) is 0 Å². The molecule has 1 aliphatic rings. The molecule has 1 heterocycles. The maximum Gasteiger partial charge on any atom is 0.224 e. The highest BCUT2D eigenvalue weighted by molar-refractivity contribution is 5.78. The van der Waals surface area contributed by atoms with E-state index in [4.69, 9.17) is 4.74 Å². The van der Waals surface area contributed by atoms with Crippen LogP contribution in [0.5, 0.6) is 0 Å². The molecule has 1 fully saturated rings. The van der Waals surface area contributed by atoms with Crippen LogP contribution in [-0.2, 0) is 9.53 Å². The summed E-state index contributed by atoms with van der Waals surface area (Å²) in [5, 5.41) is 6.12. The molecule has 92 valence electrons. The second kappa shape index (κ2) is 7.41. The summed E-state index contributed by atoms with van der Waals surface area (Å²) in [7, 11) is 0. The van der Waals surface area contributed by atoms with Gasteiger partial charge in [0.1, 0.15) is 0 Å². The molecule has 1 amide bonds. The maximum absolute atomic E-state index is 11.7. The topological polar surface area (TPSA) is 50.4 Å². The first kappa shape index (κ1) is 13.2. The maximum atomic E-state index is 11.7. The fraction of sp³-hybridized carbons (Fsp3) is 0.750. The van der Waals surface area contributed by atoms with E-state index >= 15 is 0 Å². The van der Waals surface area contributed by atoms with Crippen LogP contribution in [0.3, 0.4) is 0 Å². The van der Waals surface area contributed by atoms with Gasteiger partial charge in [-0.15, -0.1) is 0 Å². The molecule has 4 heteroatoms. The van der Waals surface area contributed by atoms with E-state index in [0.29, 0.717) is 19.8 Å². The average Bonchev–Trinajstić information content (AvgIpc) is 2.29. The van der Waals surface area contributed by atoms with Gasteiger partial charge < -0.3 is 15.4 Å². The molecule has 1 saturated heterocycles. The van der Waals surface area contributed by atoms with Gasteiger partial charge in [-0.1, -0.05) is 12.2 Å². The van der Waals surface area contributed by atoms with E-state index in [2.05, 4.69) is 17.2 Å². The molecule has 0 aromatic heterocycles. The number of rotatable bonds is 6. The van der Waals surface area contributed by atoms with Crippen molar-refractivity contribution in [2.24, 2.45) is 5.92 Å². The molecule has 1 atom stereocenters. The molecule has 0 aromatic rings. The molecule has 4 nitrogen and oxygen atoms in total. The Bertz CT molecular complexity index is 235. The predicted molar refractivity (Wildman–Crippen MR) is 64.2 cm³/mol. The number of hydrogen-bond acceptors (Lipinski definition) is 3. The summed E-state index contributed by atoms with van der Waals surface area (Å²) in [4.78, 5) is 11.7. The Morgan fingerprint density at radius 1 is 1.62 bits per heavy atom. The fourth-order valence-electron chi connectivity index (χ4n) is 1.71. The molecule has 0 aromatic carbocycles. The highest BCUT2D eigenvalue weighted by Gasteiger charge is 2.19. The van der Waals surface area contributed by atoms with Crippen molar-refractivity contribution in [3.8, 4) is 0 Å². The summed E-state index contributed by atoms with van der Waals surface area (Å²) in [5.41, 5.74) is 1.00. The Hall–Kier alpha value is -0.870. The molecule has 1 unspecified atom stereocenters. The largest absolute Gasteiger partial charge is 0.375 e. The fourth-order valence-corrected chi connectivity index (χ4v) is 1.71. The highest BCUT2D eigenvalue weighted by atomic mass is 16.5. The van der Waals surface area contributed by atoms with Gasteiger partial charge >= 0.3 is 0 Å². The van der Waals surface area contributed by atoms with Crippen molar-refractivity contribution < 1.29 is 9.53 Å². The highest BCUT2D eigenvalue weighted by Crippen LogP contribution is 2.09. The van der Waals surface area contributed by atoms with Crippen LogP contribution in [0.2, 0.25) is 0 Å². The molecule has 0 aliphatic carbocycles. The lowest BCUT2D eigenvalue weighted by molar-refractivity contribution is -0.125. The van der Waals surface area contributed by atoms with Gasteiger partial charge in [-0.05, 0) is 26.3 Å². The van der Waals surface area contributed by atoms with Crippen LogP contribution in [0.1, 0.15) is 19.8 Å². The number of carbonyl (C=O) groups is 1. The summed E-state index contributed by atoms with van der Waals surface area (Å²) >= 11 is 0. The average molecular weight is 226 g/mol. The lowest BCUT2D eigenvalue weighted by Gasteiger charge is -2.21. The normalized spacial score (nSPS) is 20.4. The predicted octanol–water partition coefficient (Wildman–Crippen LogP) is 0.695. The third kappa shape index (κ3) is 5.28. The molecular formula is C12H22N2O2. The number of ether oxygens (including phenoxy) is 1. The zero-order valence-electron chi connectivity index (χ0n) is 10.1. The van der Waals surface area contributed by atoms with Crippen LogP contribution >= 0.6 is 0 Å². The van der Waals surface area contributed by atoms with E-state index in [0.717, 1.165) is 31.5 Å². The Morgan fingerprint density at radius 3 is 3.06 bits per heavy atom. The third-order valence-corrected chi connectivity index (χ3v) is 2.56. The zero-order chi connectivity index (χ0) is 11.8. The van der Waals surface area contributed by atoms with E-state index in [1.54, 1.807) is 0 Å². The van der Waals surface area contributed by atoms with E-state index in [-0.39, 0.29) is 11.8 Å². The summed E-state index contributed by atoms with van der Waals surface area (Å²) in [6.45, 7) is 9.21. The Labute approximate surface area is 97.4 Å². The van der Waals surface area contributed by atoms with E-state index in [1.165, 1.54) is 0 Å². The number of hydrogen-bond donors (Lipinski definition) is 2. The molecule has 0 bridgehead atoms. The van der Waals surface area contributed by atoms with Gasteiger partial charge in [0.15, 0.2) is 0 Å². The van der Waals surface area contributed by atoms with Gasteiger partial charge in [-0.2, -0.15) is 0 Å². The second-order valence-electron chi connectivity index (χ2n) is 4.34. The minimum atomic E-state index is 0.134. The molecule has 0 spiro atoms. The summed E-state index contributed by atoms with van der Waals surface area (Å²) in [6, 6.07) is 0. The Balaban J connectivity index is 2.03. The summed E-state index contributed by atoms with van der Waals surface area (Å²) in [6.07, 6.45) is 2.08. The number of piperidine rings is 1. The molecule has 2 N–H and O–H groups in total. The summed E-state index contributed by atoms with van der Waals surface area (Å²) < 4.78 is 5.30. The van der Waals surface area contributed by atoms with Gasteiger partial charge in [0.25, 0.3) is 0 Å². The van der Waals surface area contributed by atoms with Crippen molar-refractivity contribution in [3.63, 3.8) is 0 Å². The molecule has 16 heavy (non-hydrogen) atoms. The quantitative estimate of drug-likeness (QED) is 0.517. The van der Waals surface area contributed by atoms with Gasteiger partial charge in [0.2, 0.25) is 5.91 Å². The third-order valence-electron chi connectivity index (χ3n) is 2.56. The first-order valence-electron chi connectivity index (χ1n) is 5.90. The minimum absolute atomic E-state index is 0.134. The van der Waals surface area contributed by atoms with Crippen LogP contribution in [0.15, 0.2) is 12.2 Å². The standard InChI is InChI=1S/C12H22N2O2/c1-10(2)9-16-7-6-14-12(15)11-4-3-5-13-8-11/h11,13H,1,3-9H2,2H3,(H,14,15). The number of amides is 1. The monoisotopic (exact) mass is 226 g/mol. The lowest BCUT2D eigenvalue weighted by atomic mass is 9.99. The van der Waals surface area contributed by atoms with Crippen LogP contribution < -0.4 is 10.6 Å². The molecule has 0 saturated carbocycles. The van der Waals surface area contributed by atoms with Crippen molar-refractivity contribution in [2.75, 3.05) is 32.8 Å². The lowest BCUT2D eigenvalue weighted by Crippen LogP contribution is -2.41. The zero-order valence-corrected chi connectivity index (χ0v) is 10.1. The van der Waals surface area contributed by atoms with Crippen molar-refractivity contribution in [3.05, 3.63) is 12.2 Å². The second-order valence-corrected chi connectivity index (χ2v) is 4.34. The van der Waals surface area contributed by atoms with Crippen LogP contribution in [0.25, 0.3) is 0 Å². The Morgan fingerprint density at radius 2 is 2.44 bits per heavy atom. The first-order chi connectivity index (χ1) is 7.70. The first-order valence-corrected chi connectivity index (χ1v) is 5.90. The molecule has 1 rings (SSSR count). The van der Waals surface area contributed by atoms with Gasteiger partial charge in [0, 0.05) is 13.1 Å².